The van der Waals surface area contributed by atoms with Crippen molar-refractivity contribution in [1.29, 1.82) is 0 Å². The maximum absolute atomic E-state index is 5.94. The molecule has 1 aromatic heterocycles. The molecule has 1 N–H and O–H groups in total. The fourth-order valence-corrected chi connectivity index (χ4v) is 2.93. The Morgan fingerprint density at radius 3 is 2.86 bits per heavy atom. The summed E-state index contributed by atoms with van der Waals surface area (Å²) in [5, 5.41) is 3.18. The molecule has 0 spiro atoms. The fraction of sp³-hybridized carbons (Fsp3) is 0.412. The highest BCUT2D eigenvalue weighted by atomic mass is 16.5. The smallest absolute Gasteiger partial charge is 0.133 e. The van der Waals surface area contributed by atoms with Crippen LogP contribution in [0.15, 0.2) is 24.5 Å². The Kier molecular flexibility index (Phi) is 3.78. The lowest BCUT2D eigenvalue weighted by Crippen LogP contribution is -2.11. The first kappa shape index (κ1) is 13.9. The van der Waals surface area contributed by atoms with Gasteiger partial charge < -0.3 is 10.1 Å². The van der Waals surface area contributed by atoms with Crippen LogP contribution < -0.4 is 10.1 Å². The summed E-state index contributed by atoms with van der Waals surface area (Å²) in [6.07, 6.45) is 3.78. The van der Waals surface area contributed by atoms with Gasteiger partial charge in [0.15, 0.2) is 0 Å². The molecule has 2 heterocycles. The van der Waals surface area contributed by atoms with E-state index in [1.54, 1.807) is 6.33 Å². The standard InChI is InChI=1S/C17H21N3O/c1-11(2)14-15(19-10-20-17(14)18-3)13-8-4-6-12-7-5-9-21-16(12)13/h4,6,8,10-11H,5,7,9H2,1-3H3,(H,18,19,20). The second kappa shape index (κ2) is 5.72. The molecule has 0 aliphatic carbocycles. The third-order valence-electron chi connectivity index (χ3n) is 3.89. The first-order valence-corrected chi connectivity index (χ1v) is 7.50. The highest BCUT2D eigenvalue weighted by Crippen LogP contribution is 2.39. The number of rotatable bonds is 3. The minimum atomic E-state index is 0.336. The Labute approximate surface area is 125 Å². The van der Waals surface area contributed by atoms with E-state index in [9.17, 15) is 0 Å². The summed E-state index contributed by atoms with van der Waals surface area (Å²) >= 11 is 0. The number of fused-ring (bicyclic) bond motifs is 1. The Balaban J connectivity index is 2.22. The summed E-state index contributed by atoms with van der Waals surface area (Å²) in [6, 6.07) is 6.33. The Morgan fingerprint density at radius 1 is 1.24 bits per heavy atom. The van der Waals surface area contributed by atoms with Crippen LogP contribution in [-0.2, 0) is 6.42 Å². The lowest BCUT2D eigenvalue weighted by molar-refractivity contribution is 0.289. The zero-order chi connectivity index (χ0) is 14.8. The van der Waals surface area contributed by atoms with Crippen molar-refractivity contribution in [3.05, 3.63) is 35.7 Å². The van der Waals surface area contributed by atoms with Crippen LogP contribution in [0.5, 0.6) is 5.75 Å². The van der Waals surface area contributed by atoms with Gasteiger partial charge in [0.2, 0.25) is 0 Å². The molecule has 4 heteroatoms. The molecule has 0 amide bonds. The third kappa shape index (κ3) is 2.46. The summed E-state index contributed by atoms with van der Waals surface area (Å²) in [4.78, 5) is 8.91. The van der Waals surface area contributed by atoms with Crippen LogP contribution in [0.3, 0.4) is 0 Å². The van der Waals surface area contributed by atoms with Crippen molar-refractivity contribution in [3.63, 3.8) is 0 Å². The molecule has 1 aromatic carbocycles. The molecular weight excluding hydrogens is 262 g/mol. The molecule has 1 aliphatic rings. The van der Waals surface area contributed by atoms with Gasteiger partial charge in [-0.3, -0.25) is 0 Å². The SMILES string of the molecule is CNc1ncnc(-c2cccc3c2OCCC3)c1C(C)C. The molecule has 1 aliphatic heterocycles. The van der Waals surface area contributed by atoms with E-state index in [-0.39, 0.29) is 0 Å². The molecule has 0 saturated heterocycles. The summed E-state index contributed by atoms with van der Waals surface area (Å²) in [6.45, 7) is 5.11. The number of anilines is 1. The second-order valence-corrected chi connectivity index (χ2v) is 5.64. The van der Waals surface area contributed by atoms with Crippen molar-refractivity contribution in [2.24, 2.45) is 0 Å². The largest absolute Gasteiger partial charge is 0.493 e. The molecule has 0 bridgehead atoms. The molecule has 2 aromatic rings. The lowest BCUT2D eigenvalue weighted by atomic mass is 9.94. The molecule has 3 rings (SSSR count). The predicted octanol–water partition coefficient (Wildman–Crippen LogP) is 3.63. The van der Waals surface area contributed by atoms with E-state index in [4.69, 9.17) is 4.74 Å². The van der Waals surface area contributed by atoms with Gasteiger partial charge in [0.25, 0.3) is 0 Å². The molecule has 0 fully saturated rings. The molecular formula is C17H21N3O. The zero-order valence-corrected chi connectivity index (χ0v) is 12.8. The van der Waals surface area contributed by atoms with E-state index in [0.29, 0.717) is 5.92 Å². The quantitative estimate of drug-likeness (QED) is 0.934. The van der Waals surface area contributed by atoms with Gasteiger partial charge in [0, 0.05) is 18.2 Å². The molecule has 4 nitrogen and oxygen atoms in total. The lowest BCUT2D eigenvalue weighted by Gasteiger charge is -2.22. The molecule has 0 atom stereocenters. The van der Waals surface area contributed by atoms with E-state index in [2.05, 4.69) is 47.3 Å². The van der Waals surface area contributed by atoms with Crippen molar-refractivity contribution < 1.29 is 4.74 Å². The van der Waals surface area contributed by atoms with Crippen LogP contribution in [0.2, 0.25) is 0 Å². The maximum Gasteiger partial charge on any atom is 0.133 e. The normalized spacial score (nSPS) is 13.7. The van der Waals surface area contributed by atoms with Crippen LogP contribution in [0, 0.1) is 0 Å². The summed E-state index contributed by atoms with van der Waals surface area (Å²) in [5.41, 5.74) is 4.47. The van der Waals surface area contributed by atoms with Crippen molar-refractivity contribution in [1.82, 2.24) is 9.97 Å². The number of nitrogens with one attached hydrogen (secondary N) is 1. The highest BCUT2D eigenvalue weighted by molar-refractivity contribution is 5.75. The second-order valence-electron chi connectivity index (χ2n) is 5.64. The van der Waals surface area contributed by atoms with Gasteiger partial charge in [-0.05, 0) is 30.4 Å². The Bertz CT molecular complexity index is 652. The molecule has 0 radical (unpaired) electrons. The molecule has 110 valence electrons. The van der Waals surface area contributed by atoms with Gasteiger partial charge in [-0.1, -0.05) is 26.0 Å². The number of hydrogen-bond acceptors (Lipinski definition) is 4. The summed E-state index contributed by atoms with van der Waals surface area (Å²) in [5.74, 6) is 2.22. The van der Waals surface area contributed by atoms with Crippen LogP contribution in [-0.4, -0.2) is 23.6 Å². The molecule has 0 unspecified atom stereocenters. The number of aromatic nitrogens is 2. The first-order valence-electron chi connectivity index (χ1n) is 7.50. The van der Waals surface area contributed by atoms with Crippen molar-refractivity contribution in [3.8, 4) is 17.0 Å². The van der Waals surface area contributed by atoms with E-state index < -0.39 is 0 Å². The van der Waals surface area contributed by atoms with Crippen molar-refractivity contribution >= 4 is 5.82 Å². The third-order valence-corrected chi connectivity index (χ3v) is 3.89. The molecule has 21 heavy (non-hydrogen) atoms. The van der Waals surface area contributed by atoms with E-state index in [1.165, 1.54) is 5.56 Å². The van der Waals surface area contributed by atoms with Crippen molar-refractivity contribution in [2.75, 3.05) is 19.0 Å². The van der Waals surface area contributed by atoms with Gasteiger partial charge in [0.1, 0.15) is 17.9 Å². The van der Waals surface area contributed by atoms with Crippen LogP contribution in [0.4, 0.5) is 5.82 Å². The van der Waals surface area contributed by atoms with Crippen molar-refractivity contribution in [2.45, 2.75) is 32.6 Å². The zero-order valence-electron chi connectivity index (χ0n) is 12.8. The van der Waals surface area contributed by atoms with E-state index in [1.807, 2.05) is 7.05 Å². The average Bonchev–Trinajstić information content (AvgIpc) is 2.53. The van der Waals surface area contributed by atoms with Crippen LogP contribution in [0.25, 0.3) is 11.3 Å². The van der Waals surface area contributed by atoms with Gasteiger partial charge in [-0.2, -0.15) is 0 Å². The van der Waals surface area contributed by atoms with Gasteiger partial charge >= 0.3 is 0 Å². The minimum Gasteiger partial charge on any atom is -0.493 e. The van der Waals surface area contributed by atoms with Gasteiger partial charge in [-0.15, -0.1) is 0 Å². The highest BCUT2D eigenvalue weighted by Gasteiger charge is 2.21. The molecule has 0 saturated carbocycles. The fourth-order valence-electron chi connectivity index (χ4n) is 2.93. The predicted molar refractivity (Wildman–Crippen MR) is 84.9 cm³/mol. The maximum atomic E-state index is 5.94. The van der Waals surface area contributed by atoms with E-state index >= 15 is 0 Å². The number of hydrogen-bond donors (Lipinski definition) is 1. The Hall–Kier alpha value is -2.10. The van der Waals surface area contributed by atoms with Gasteiger partial charge in [0.05, 0.1) is 12.3 Å². The average molecular weight is 283 g/mol. The van der Waals surface area contributed by atoms with E-state index in [0.717, 1.165) is 47.8 Å². The Morgan fingerprint density at radius 2 is 2.10 bits per heavy atom. The number of benzene rings is 1. The first-order chi connectivity index (χ1) is 10.2. The number of ether oxygens (including phenoxy) is 1. The van der Waals surface area contributed by atoms with Gasteiger partial charge in [-0.25, -0.2) is 9.97 Å². The van der Waals surface area contributed by atoms with Crippen LogP contribution >= 0.6 is 0 Å². The number of para-hydroxylation sites is 1. The topological polar surface area (TPSA) is 47.0 Å². The number of aryl methyl sites for hydroxylation is 1. The monoisotopic (exact) mass is 283 g/mol. The summed E-state index contributed by atoms with van der Waals surface area (Å²) < 4.78 is 5.94. The summed E-state index contributed by atoms with van der Waals surface area (Å²) in [7, 11) is 1.90. The number of nitrogens with zero attached hydrogens (tertiary/aromatic N) is 2. The minimum absolute atomic E-state index is 0.336. The van der Waals surface area contributed by atoms with Crippen LogP contribution in [0.1, 0.15) is 37.3 Å².